The Morgan fingerprint density at radius 1 is 1.08 bits per heavy atom. The Kier molecular flexibility index (Phi) is 3.64. The third-order valence-corrected chi connectivity index (χ3v) is 4.38. The van der Waals surface area contributed by atoms with Crippen LogP contribution in [0.15, 0.2) is 36.4 Å². The molecule has 0 bridgehead atoms. The van der Waals surface area contributed by atoms with Crippen LogP contribution in [0.3, 0.4) is 0 Å². The van der Waals surface area contributed by atoms with Crippen LogP contribution in [-0.2, 0) is 0 Å². The van der Waals surface area contributed by atoms with Crippen molar-refractivity contribution >= 4 is 5.65 Å². The van der Waals surface area contributed by atoms with E-state index in [0.717, 1.165) is 0 Å². The molecule has 0 N–H and O–H groups in total. The molecule has 3 aromatic rings. The van der Waals surface area contributed by atoms with E-state index in [-0.39, 0.29) is 11.7 Å². The van der Waals surface area contributed by atoms with Crippen molar-refractivity contribution in [3.05, 3.63) is 42.2 Å². The van der Waals surface area contributed by atoms with Gasteiger partial charge in [-0.1, -0.05) is 0 Å². The van der Waals surface area contributed by atoms with Crippen molar-refractivity contribution in [3.63, 3.8) is 0 Å². The molecule has 0 aliphatic heterocycles. The largest absolute Gasteiger partial charge is 0.573 e. The second kappa shape index (κ2) is 5.65. The minimum Gasteiger partial charge on any atom is -0.406 e. The highest BCUT2D eigenvalue weighted by Crippen LogP contribution is 2.46. The van der Waals surface area contributed by atoms with Crippen LogP contribution in [0.4, 0.5) is 17.6 Å². The molecule has 0 amide bonds. The minimum atomic E-state index is -4.73. The molecule has 4 rings (SSSR count). The fraction of sp³-hybridized carbons (Fsp3) is 0.353. The second-order valence-electron chi connectivity index (χ2n) is 6.64. The third kappa shape index (κ3) is 3.21. The number of hydrogen-bond donors (Lipinski definition) is 0. The van der Waals surface area contributed by atoms with Gasteiger partial charge in [0.2, 0.25) is 0 Å². The lowest BCUT2D eigenvalue weighted by Gasteiger charge is -2.37. The van der Waals surface area contributed by atoms with Crippen LogP contribution < -0.4 is 4.74 Å². The zero-order valence-electron chi connectivity index (χ0n) is 13.7. The van der Waals surface area contributed by atoms with E-state index in [0.29, 0.717) is 35.6 Å². The van der Waals surface area contributed by atoms with Gasteiger partial charge in [-0.3, -0.25) is 0 Å². The van der Waals surface area contributed by atoms with Gasteiger partial charge in [-0.25, -0.2) is 4.39 Å². The maximum atomic E-state index is 13.8. The van der Waals surface area contributed by atoms with Crippen LogP contribution in [0.2, 0.25) is 0 Å². The first kappa shape index (κ1) is 16.7. The van der Waals surface area contributed by atoms with Crippen molar-refractivity contribution in [3.8, 4) is 17.0 Å². The van der Waals surface area contributed by atoms with Crippen molar-refractivity contribution in [2.45, 2.75) is 37.7 Å². The summed E-state index contributed by atoms with van der Waals surface area (Å²) in [6.45, 7) is 1.55. The third-order valence-electron chi connectivity index (χ3n) is 4.38. The van der Waals surface area contributed by atoms with Crippen molar-refractivity contribution in [2.24, 2.45) is 0 Å². The molecule has 0 saturated heterocycles. The summed E-state index contributed by atoms with van der Waals surface area (Å²) in [7, 11) is 0. The first-order chi connectivity index (χ1) is 12.2. The van der Waals surface area contributed by atoms with Gasteiger partial charge in [-0.05, 0) is 56.2 Å². The van der Waals surface area contributed by atoms with E-state index in [1.807, 2.05) is 0 Å². The molecular formula is C17H14F4N4O. The monoisotopic (exact) mass is 366 g/mol. The lowest BCUT2D eigenvalue weighted by Crippen LogP contribution is -2.36. The Hall–Kier alpha value is -2.71. The molecular weight excluding hydrogens is 352 g/mol. The second-order valence-corrected chi connectivity index (χ2v) is 6.64. The van der Waals surface area contributed by atoms with E-state index in [4.69, 9.17) is 0 Å². The maximum absolute atomic E-state index is 13.8. The van der Waals surface area contributed by atoms with E-state index in [1.54, 1.807) is 23.6 Å². The summed E-state index contributed by atoms with van der Waals surface area (Å²) in [5.74, 6) is 0.239. The normalized spacial score (nSPS) is 23.0. The fourth-order valence-corrected chi connectivity index (χ4v) is 3.19. The highest BCUT2D eigenvalue weighted by Gasteiger charge is 2.43. The molecule has 9 heteroatoms. The van der Waals surface area contributed by atoms with Crippen molar-refractivity contribution in [1.82, 2.24) is 19.8 Å². The zero-order valence-corrected chi connectivity index (χ0v) is 13.7. The predicted molar refractivity (Wildman–Crippen MR) is 84.4 cm³/mol. The van der Waals surface area contributed by atoms with Gasteiger partial charge in [0.05, 0.1) is 5.69 Å². The van der Waals surface area contributed by atoms with Crippen LogP contribution in [0.25, 0.3) is 16.9 Å². The summed E-state index contributed by atoms with van der Waals surface area (Å²) in [5, 5.41) is 12.6. The van der Waals surface area contributed by atoms with Crippen molar-refractivity contribution < 1.29 is 22.3 Å². The number of fused-ring (bicyclic) bond motifs is 1. The molecule has 2 heterocycles. The topological polar surface area (TPSA) is 52.3 Å². The standard InChI is InChI=1S/C17H14F4N4O/c1-16(18)8-11(9-16)15-23-22-14-7-6-13(24-25(14)15)10-2-4-12(5-3-10)26-17(19,20)21/h2-7,11H,8-9H2,1H3. The number of rotatable bonds is 3. The lowest BCUT2D eigenvalue weighted by atomic mass is 9.73. The molecule has 5 nitrogen and oxygen atoms in total. The Bertz CT molecular complexity index is 942. The smallest absolute Gasteiger partial charge is 0.406 e. The molecule has 136 valence electrons. The van der Waals surface area contributed by atoms with Crippen molar-refractivity contribution in [1.29, 1.82) is 0 Å². The summed E-state index contributed by atoms with van der Waals surface area (Å²) < 4.78 is 55.9. The molecule has 1 saturated carbocycles. The number of alkyl halides is 4. The summed E-state index contributed by atoms with van der Waals surface area (Å²) in [6.07, 6.45) is -4.00. The average molecular weight is 366 g/mol. The van der Waals surface area contributed by atoms with Gasteiger partial charge in [0.1, 0.15) is 11.4 Å². The van der Waals surface area contributed by atoms with Crippen LogP contribution >= 0.6 is 0 Å². The van der Waals surface area contributed by atoms with Gasteiger partial charge >= 0.3 is 6.36 Å². The molecule has 0 atom stereocenters. The van der Waals surface area contributed by atoms with Gasteiger partial charge in [-0.2, -0.15) is 9.61 Å². The number of ether oxygens (including phenoxy) is 1. The highest BCUT2D eigenvalue weighted by molar-refractivity contribution is 5.61. The predicted octanol–water partition coefficient (Wildman–Crippen LogP) is 4.30. The van der Waals surface area contributed by atoms with Gasteiger partial charge < -0.3 is 4.74 Å². The maximum Gasteiger partial charge on any atom is 0.573 e. The van der Waals surface area contributed by atoms with Crippen LogP contribution in [0, 0.1) is 0 Å². The first-order valence-corrected chi connectivity index (χ1v) is 7.98. The molecule has 0 unspecified atom stereocenters. The molecule has 1 aromatic carbocycles. The van der Waals surface area contributed by atoms with E-state index >= 15 is 0 Å². The van der Waals surface area contributed by atoms with E-state index in [1.165, 1.54) is 24.3 Å². The van der Waals surface area contributed by atoms with Gasteiger partial charge in [0.25, 0.3) is 0 Å². The van der Waals surface area contributed by atoms with E-state index in [9.17, 15) is 17.6 Å². The summed E-state index contributed by atoms with van der Waals surface area (Å²) >= 11 is 0. The first-order valence-electron chi connectivity index (χ1n) is 7.98. The highest BCUT2D eigenvalue weighted by atomic mass is 19.4. The summed E-state index contributed by atoms with van der Waals surface area (Å²) in [4.78, 5) is 0. The van der Waals surface area contributed by atoms with Gasteiger partial charge in [-0.15, -0.1) is 23.4 Å². The lowest BCUT2D eigenvalue weighted by molar-refractivity contribution is -0.274. The molecule has 0 spiro atoms. The van der Waals surface area contributed by atoms with E-state index in [2.05, 4.69) is 20.0 Å². The Morgan fingerprint density at radius 3 is 2.38 bits per heavy atom. The molecule has 26 heavy (non-hydrogen) atoms. The number of benzene rings is 1. The number of nitrogens with zero attached hydrogens (tertiary/aromatic N) is 4. The SMILES string of the molecule is CC1(F)CC(c2nnc3ccc(-c4ccc(OC(F)(F)F)cc4)nn23)C1. The zero-order chi connectivity index (χ0) is 18.5. The molecule has 1 aliphatic carbocycles. The Balaban J connectivity index is 1.63. The van der Waals surface area contributed by atoms with Crippen LogP contribution in [0.1, 0.15) is 31.5 Å². The Morgan fingerprint density at radius 2 is 1.77 bits per heavy atom. The minimum absolute atomic E-state index is 0.0506. The average Bonchev–Trinajstić information content (AvgIpc) is 2.94. The van der Waals surface area contributed by atoms with Gasteiger partial charge in [0, 0.05) is 11.5 Å². The van der Waals surface area contributed by atoms with Crippen LogP contribution in [0.5, 0.6) is 5.75 Å². The number of halogens is 4. The summed E-state index contributed by atoms with van der Waals surface area (Å²) in [5.41, 5.74) is 0.500. The molecule has 2 aromatic heterocycles. The number of aromatic nitrogens is 4. The molecule has 1 aliphatic rings. The fourth-order valence-electron chi connectivity index (χ4n) is 3.19. The van der Waals surface area contributed by atoms with Crippen LogP contribution in [-0.4, -0.2) is 31.8 Å². The number of hydrogen-bond acceptors (Lipinski definition) is 4. The quantitative estimate of drug-likeness (QED) is 0.649. The van der Waals surface area contributed by atoms with Crippen molar-refractivity contribution in [2.75, 3.05) is 0 Å². The van der Waals surface area contributed by atoms with Gasteiger partial charge in [0.15, 0.2) is 11.5 Å². The van der Waals surface area contributed by atoms with E-state index < -0.39 is 12.0 Å². The molecule has 1 fully saturated rings. The summed E-state index contributed by atoms with van der Waals surface area (Å²) in [6, 6.07) is 8.84. The Labute approximate surface area is 145 Å². The molecule has 0 radical (unpaired) electrons.